The molecule has 1 N–H and O–H groups in total. The summed E-state index contributed by atoms with van der Waals surface area (Å²) < 4.78 is 65.4. The van der Waals surface area contributed by atoms with Gasteiger partial charge in [0.05, 0.1) is 12.2 Å². The van der Waals surface area contributed by atoms with Gasteiger partial charge in [-0.2, -0.15) is 18.4 Å². The molecule has 4 nitrogen and oxygen atoms in total. The number of aromatic nitrogens is 1. The van der Waals surface area contributed by atoms with Crippen LogP contribution in [0.15, 0.2) is 12.1 Å². The molecule has 0 aliphatic rings. The highest BCUT2D eigenvalue weighted by molar-refractivity contribution is 5.52. The lowest BCUT2D eigenvalue weighted by molar-refractivity contribution is -0.141. The van der Waals surface area contributed by atoms with Gasteiger partial charge in [-0.15, -0.1) is 0 Å². The van der Waals surface area contributed by atoms with Crippen molar-refractivity contribution in [1.82, 2.24) is 4.98 Å². The van der Waals surface area contributed by atoms with E-state index in [1.165, 1.54) is 0 Å². The van der Waals surface area contributed by atoms with Crippen LogP contribution < -0.4 is 5.32 Å². The van der Waals surface area contributed by atoms with Crippen LogP contribution in [-0.4, -0.2) is 31.2 Å². The summed E-state index contributed by atoms with van der Waals surface area (Å²) in [4.78, 5) is 3.29. The fraction of sp³-hybridized carbons (Fsp3) is 0.455. The molecule has 0 fully saturated rings. The number of hydrogen-bond donors (Lipinski definition) is 1. The van der Waals surface area contributed by atoms with Gasteiger partial charge in [0.15, 0.2) is 0 Å². The molecule has 0 unspecified atom stereocenters. The maximum Gasteiger partial charge on any atom is 0.433 e. The number of halogens is 5. The Morgan fingerprint density at radius 2 is 2.05 bits per heavy atom. The average Bonchev–Trinajstić information content (AvgIpc) is 2.36. The summed E-state index contributed by atoms with van der Waals surface area (Å²) in [5, 5.41) is 11.2. The van der Waals surface area contributed by atoms with Crippen LogP contribution in [0.4, 0.5) is 27.8 Å². The highest BCUT2D eigenvalue weighted by atomic mass is 19.4. The molecule has 0 bridgehead atoms. The minimum atomic E-state index is -4.63. The van der Waals surface area contributed by atoms with E-state index in [1.807, 2.05) is 0 Å². The molecule has 1 heterocycles. The third-order valence-corrected chi connectivity index (χ3v) is 2.09. The monoisotopic (exact) mass is 295 g/mol. The molecule has 0 saturated heterocycles. The van der Waals surface area contributed by atoms with E-state index in [4.69, 9.17) is 5.26 Å². The SMILES string of the molecule is N#Cc1ccc(C(F)(F)F)nc1NCCOCC(F)F. The summed E-state index contributed by atoms with van der Waals surface area (Å²) in [6, 6.07) is 3.36. The first-order chi connectivity index (χ1) is 9.34. The van der Waals surface area contributed by atoms with Crippen molar-refractivity contribution in [3.63, 3.8) is 0 Å². The number of hydrogen-bond acceptors (Lipinski definition) is 4. The average molecular weight is 295 g/mol. The first-order valence-corrected chi connectivity index (χ1v) is 5.42. The zero-order valence-corrected chi connectivity index (χ0v) is 10.0. The third-order valence-electron chi connectivity index (χ3n) is 2.09. The molecule has 20 heavy (non-hydrogen) atoms. The Hall–Kier alpha value is -1.95. The lowest BCUT2D eigenvalue weighted by Crippen LogP contribution is -2.16. The Morgan fingerprint density at radius 3 is 2.60 bits per heavy atom. The normalized spacial score (nSPS) is 11.4. The number of nitrogens with zero attached hydrogens (tertiary/aromatic N) is 2. The summed E-state index contributed by atoms with van der Waals surface area (Å²) in [5.74, 6) is -0.261. The van der Waals surface area contributed by atoms with Gasteiger partial charge in [-0.05, 0) is 12.1 Å². The third kappa shape index (κ3) is 4.97. The standard InChI is InChI=1S/C11H10F5N3O/c12-9(13)6-20-4-3-18-10-7(5-17)1-2-8(19-10)11(14,15)16/h1-2,9H,3-4,6H2,(H,18,19). The second kappa shape index (κ2) is 7.00. The van der Waals surface area contributed by atoms with Gasteiger partial charge in [0.25, 0.3) is 6.43 Å². The maximum atomic E-state index is 12.5. The number of alkyl halides is 5. The molecule has 0 spiro atoms. The molecular weight excluding hydrogens is 285 g/mol. The molecule has 1 aromatic rings. The molecule has 0 aromatic carbocycles. The fourth-order valence-corrected chi connectivity index (χ4v) is 1.26. The van der Waals surface area contributed by atoms with E-state index in [9.17, 15) is 22.0 Å². The van der Waals surface area contributed by atoms with Gasteiger partial charge in [0.1, 0.15) is 24.2 Å². The van der Waals surface area contributed by atoms with E-state index >= 15 is 0 Å². The predicted octanol–water partition coefficient (Wildman–Crippen LogP) is 2.67. The van der Waals surface area contributed by atoms with Gasteiger partial charge in [-0.25, -0.2) is 13.8 Å². The number of nitriles is 1. The second-order valence-electron chi connectivity index (χ2n) is 3.59. The molecular formula is C11H10F5N3O. The van der Waals surface area contributed by atoms with E-state index in [-0.39, 0.29) is 24.5 Å². The summed E-state index contributed by atoms with van der Waals surface area (Å²) in [6.45, 7) is -0.953. The molecule has 110 valence electrons. The largest absolute Gasteiger partial charge is 0.433 e. The molecule has 0 atom stereocenters. The summed E-state index contributed by atoms with van der Waals surface area (Å²) in [6.07, 6.45) is -7.24. The van der Waals surface area contributed by atoms with E-state index in [0.717, 1.165) is 6.07 Å². The Bertz CT molecular complexity index is 484. The number of pyridine rings is 1. The van der Waals surface area contributed by atoms with Crippen molar-refractivity contribution >= 4 is 5.82 Å². The van der Waals surface area contributed by atoms with Gasteiger partial charge < -0.3 is 10.1 Å². The van der Waals surface area contributed by atoms with E-state index in [2.05, 4.69) is 15.0 Å². The van der Waals surface area contributed by atoms with Gasteiger partial charge >= 0.3 is 6.18 Å². The van der Waals surface area contributed by atoms with Crippen molar-refractivity contribution in [2.24, 2.45) is 0 Å². The molecule has 0 saturated carbocycles. The zero-order chi connectivity index (χ0) is 15.2. The van der Waals surface area contributed by atoms with Crippen molar-refractivity contribution < 1.29 is 26.7 Å². The van der Waals surface area contributed by atoms with Crippen molar-refractivity contribution in [3.8, 4) is 6.07 Å². The van der Waals surface area contributed by atoms with E-state index in [1.54, 1.807) is 6.07 Å². The van der Waals surface area contributed by atoms with Crippen LogP contribution in [0.2, 0.25) is 0 Å². The minimum Gasteiger partial charge on any atom is -0.374 e. The smallest absolute Gasteiger partial charge is 0.374 e. The van der Waals surface area contributed by atoms with Crippen molar-refractivity contribution in [2.75, 3.05) is 25.1 Å². The molecule has 0 aliphatic carbocycles. The van der Waals surface area contributed by atoms with Gasteiger partial charge in [0, 0.05) is 6.54 Å². The van der Waals surface area contributed by atoms with Crippen molar-refractivity contribution in [1.29, 1.82) is 5.26 Å². The van der Waals surface area contributed by atoms with Crippen LogP contribution in [0.1, 0.15) is 11.3 Å². The predicted molar refractivity (Wildman–Crippen MR) is 59.3 cm³/mol. The Kier molecular flexibility index (Phi) is 5.64. The summed E-state index contributed by atoms with van der Waals surface area (Å²) in [5.41, 5.74) is -1.22. The summed E-state index contributed by atoms with van der Waals surface area (Å²) in [7, 11) is 0. The van der Waals surface area contributed by atoms with Crippen LogP contribution in [-0.2, 0) is 10.9 Å². The van der Waals surface area contributed by atoms with Crippen molar-refractivity contribution in [3.05, 3.63) is 23.4 Å². The molecule has 0 radical (unpaired) electrons. The zero-order valence-electron chi connectivity index (χ0n) is 10.0. The van der Waals surface area contributed by atoms with Crippen LogP contribution in [0.3, 0.4) is 0 Å². The first-order valence-electron chi connectivity index (χ1n) is 5.42. The topological polar surface area (TPSA) is 57.9 Å². The minimum absolute atomic E-state index is 0.0459. The lowest BCUT2D eigenvalue weighted by atomic mass is 10.2. The molecule has 1 rings (SSSR count). The number of ether oxygens (including phenoxy) is 1. The second-order valence-corrected chi connectivity index (χ2v) is 3.59. The van der Waals surface area contributed by atoms with Gasteiger partial charge in [-0.1, -0.05) is 0 Å². The highest BCUT2D eigenvalue weighted by Gasteiger charge is 2.33. The van der Waals surface area contributed by atoms with Crippen LogP contribution in [0.5, 0.6) is 0 Å². The quantitative estimate of drug-likeness (QED) is 0.647. The summed E-state index contributed by atoms with van der Waals surface area (Å²) >= 11 is 0. The number of rotatable bonds is 6. The maximum absolute atomic E-state index is 12.5. The van der Waals surface area contributed by atoms with E-state index < -0.39 is 24.9 Å². The lowest BCUT2D eigenvalue weighted by Gasteiger charge is -2.11. The molecule has 0 aliphatic heterocycles. The Labute approximate surface area is 111 Å². The van der Waals surface area contributed by atoms with Gasteiger partial charge in [0.2, 0.25) is 0 Å². The molecule has 1 aromatic heterocycles. The van der Waals surface area contributed by atoms with Crippen LogP contribution >= 0.6 is 0 Å². The van der Waals surface area contributed by atoms with Gasteiger partial charge in [-0.3, -0.25) is 0 Å². The fourth-order valence-electron chi connectivity index (χ4n) is 1.26. The highest BCUT2D eigenvalue weighted by Crippen LogP contribution is 2.29. The van der Waals surface area contributed by atoms with Crippen molar-refractivity contribution in [2.45, 2.75) is 12.6 Å². The molecule has 9 heteroatoms. The molecule has 0 amide bonds. The van der Waals surface area contributed by atoms with Crippen LogP contribution in [0.25, 0.3) is 0 Å². The number of nitrogens with one attached hydrogen (secondary N) is 1. The van der Waals surface area contributed by atoms with E-state index in [0.29, 0.717) is 6.07 Å². The van der Waals surface area contributed by atoms with Crippen LogP contribution in [0, 0.1) is 11.3 Å². The Morgan fingerprint density at radius 1 is 1.35 bits per heavy atom. The Balaban J connectivity index is 2.66. The number of anilines is 1. The first kappa shape index (κ1) is 16.1.